The lowest BCUT2D eigenvalue weighted by atomic mass is 10.2. The Morgan fingerprint density at radius 3 is 2.73 bits per heavy atom. The van der Waals surface area contributed by atoms with Crippen LogP contribution in [0.25, 0.3) is 0 Å². The van der Waals surface area contributed by atoms with Crippen LogP contribution in [-0.4, -0.2) is 17.4 Å². The zero-order chi connectivity index (χ0) is 10.7. The molecule has 0 atom stereocenters. The molecule has 2 N–H and O–H groups in total. The number of rotatable bonds is 3. The first-order valence-electron chi connectivity index (χ1n) is 4.15. The van der Waals surface area contributed by atoms with Crippen LogP contribution in [0.5, 0.6) is 0 Å². The molecule has 0 saturated carbocycles. The van der Waals surface area contributed by atoms with E-state index in [0.29, 0.717) is 5.69 Å². The molecule has 1 heterocycles. The first-order valence-corrected chi connectivity index (χ1v) is 4.15. The molecule has 0 bridgehead atoms. The van der Waals surface area contributed by atoms with Gasteiger partial charge in [0.05, 0.1) is 5.56 Å². The van der Waals surface area contributed by atoms with Crippen LogP contribution in [0.15, 0.2) is 44.9 Å². The zero-order valence-electron chi connectivity index (χ0n) is 7.53. The lowest BCUT2D eigenvalue weighted by Gasteiger charge is -2.06. The molecule has 1 aromatic rings. The maximum atomic E-state index is 10.7. The van der Waals surface area contributed by atoms with E-state index in [1.54, 1.807) is 12.1 Å². The number of nitrogens with one attached hydrogen (secondary N) is 1. The van der Waals surface area contributed by atoms with Crippen LogP contribution in [0.4, 0.5) is 5.69 Å². The van der Waals surface area contributed by atoms with E-state index >= 15 is 0 Å². The van der Waals surface area contributed by atoms with Crippen molar-refractivity contribution < 1.29 is 9.90 Å². The minimum Gasteiger partial charge on any atom is -0.478 e. The van der Waals surface area contributed by atoms with Gasteiger partial charge in [-0.05, 0) is 28.6 Å². The Morgan fingerprint density at radius 2 is 2.07 bits per heavy atom. The number of hydrogen-bond donors (Lipinski definition) is 2. The fourth-order valence-electron chi connectivity index (χ4n) is 1.12. The molecule has 7 heteroatoms. The minimum absolute atomic E-state index is 0.201. The number of nitrogens with zero attached hydrogens (tertiary/aromatic N) is 4. The van der Waals surface area contributed by atoms with Crippen molar-refractivity contribution in [3.8, 4) is 0 Å². The summed E-state index contributed by atoms with van der Waals surface area (Å²) in [7, 11) is 0. The topological polar surface area (TPSA) is 98.8 Å². The summed E-state index contributed by atoms with van der Waals surface area (Å²) in [4.78, 5) is 10.7. The van der Waals surface area contributed by atoms with E-state index in [1.165, 1.54) is 12.1 Å². The van der Waals surface area contributed by atoms with Gasteiger partial charge in [-0.25, -0.2) is 4.79 Å². The van der Waals surface area contributed by atoms with E-state index in [9.17, 15) is 4.79 Å². The molecule has 2 rings (SSSR count). The van der Waals surface area contributed by atoms with Gasteiger partial charge in [-0.3, -0.25) is 0 Å². The second-order valence-electron chi connectivity index (χ2n) is 2.81. The molecular weight excluding hydrogens is 198 g/mol. The van der Waals surface area contributed by atoms with Gasteiger partial charge in [-0.15, -0.1) is 10.2 Å². The lowest BCUT2D eigenvalue weighted by Crippen LogP contribution is -2.11. The highest BCUT2D eigenvalue weighted by molar-refractivity contribution is 5.88. The average Bonchev–Trinajstić information content (AvgIpc) is 2.71. The van der Waals surface area contributed by atoms with Crippen molar-refractivity contribution in [2.45, 2.75) is 6.29 Å². The van der Waals surface area contributed by atoms with Crippen LogP contribution in [0.2, 0.25) is 0 Å². The highest BCUT2D eigenvalue weighted by atomic mass is 16.4. The summed E-state index contributed by atoms with van der Waals surface area (Å²) >= 11 is 0. The third kappa shape index (κ3) is 2.13. The average molecular weight is 205 g/mol. The Labute approximate surface area is 84.5 Å². The quantitative estimate of drug-likeness (QED) is 0.788. The van der Waals surface area contributed by atoms with Gasteiger partial charge in [0.2, 0.25) is 0 Å². The molecule has 7 nitrogen and oxygen atoms in total. The van der Waals surface area contributed by atoms with E-state index in [0.717, 1.165) is 0 Å². The van der Waals surface area contributed by atoms with Gasteiger partial charge in [-0.1, -0.05) is 6.07 Å². The highest BCUT2D eigenvalue weighted by Crippen LogP contribution is 2.14. The monoisotopic (exact) mass is 205 g/mol. The second kappa shape index (κ2) is 3.82. The first-order chi connectivity index (χ1) is 7.25. The van der Waals surface area contributed by atoms with E-state index < -0.39 is 12.3 Å². The fourth-order valence-corrected chi connectivity index (χ4v) is 1.12. The van der Waals surface area contributed by atoms with Gasteiger partial charge in [0.1, 0.15) is 0 Å². The summed E-state index contributed by atoms with van der Waals surface area (Å²) in [6.45, 7) is 0. The van der Waals surface area contributed by atoms with E-state index in [2.05, 4.69) is 26.0 Å². The van der Waals surface area contributed by atoms with Gasteiger partial charge in [0.15, 0.2) is 0 Å². The molecule has 1 aliphatic heterocycles. The number of anilines is 1. The van der Waals surface area contributed by atoms with Gasteiger partial charge >= 0.3 is 5.97 Å². The first kappa shape index (κ1) is 9.25. The van der Waals surface area contributed by atoms with Crippen molar-refractivity contribution >= 4 is 11.7 Å². The Kier molecular flexibility index (Phi) is 2.36. The van der Waals surface area contributed by atoms with Crippen LogP contribution in [0.3, 0.4) is 0 Å². The molecule has 0 saturated heterocycles. The summed E-state index contributed by atoms with van der Waals surface area (Å²) in [5, 5.41) is 25.5. The molecule has 1 aliphatic rings. The fraction of sp³-hybridized carbons (Fsp3) is 0.125. The Balaban J connectivity index is 2.14. The Bertz CT molecular complexity index is 430. The van der Waals surface area contributed by atoms with E-state index in [4.69, 9.17) is 5.11 Å². The van der Waals surface area contributed by atoms with Gasteiger partial charge in [0.25, 0.3) is 6.29 Å². The van der Waals surface area contributed by atoms with Crippen LogP contribution in [0, 0.1) is 0 Å². The highest BCUT2D eigenvalue weighted by Gasteiger charge is 2.09. The largest absolute Gasteiger partial charge is 0.478 e. The minimum atomic E-state index is -0.978. The summed E-state index contributed by atoms with van der Waals surface area (Å²) in [5.41, 5.74) is 0.812. The predicted octanol–water partition coefficient (Wildman–Crippen LogP) is 1.91. The second-order valence-corrected chi connectivity index (χ2v) is 2.81. The molecule has 0 unspecified atom stereocenters. The van der Waals surface area contributed by atoms with Crippen LogP contribution < -0.4 is 5.32 Å². The van der Waals surface area contributed by atoms with Crippen molar-refractivity contribution in [3.05, 3.63) is 29.8 Å². The summed E-state index contributed by atoms with van der Waals surface area (Å²) < 4.78 is 0. The molecule has 76 valence electrons. The molecule has 0 amide bonds. The van der Waals surface area contributed by atoms with Crippen molar-refractivity contribution in [3.63, 3.8) is 0 Å². The number of hydrogen-bond acceptors (Lipinski definition) is 6. The van der Waals surface area contributed by atoms with E-state index in [1.807, 2.05) is 0 Å². The van der Waals surface area contributed by atoms with Crippen molar-refractivity contribution in [2.75, 3.05) is 5.32 Å². The number of aromatic carboxylic acids is 1. The molecule has 0 spiro atoms. The van der Waals surface area contributed by atoms with Crippen LogP contribution in [0.1, 0.15) is 10.4 Å². The summed E-state index contributed by atoms with van der Waals surface area (Å²) in [6, 6.07) is 6.35. The summed E-state index contributed by atoms with van der Waals surface area (Å²) in [6.07, 6.45) is -0.561. The standard InChI is InChI=1S/C8H7N5O2/c14-7(15)5-2-1-3-6(4-5)9-8-10-12-13-11-8/h1-4,8-9H,(H,14,15). The van der Waals surface area contributed by atoms with Crippen LogP contribution >= 0.6 is 0 Å². The molecule has 0 radical (unpaired) electrons. The van der Waals surface area contributed by atoms with Gasteiger partial charge in [-0.2, -0.15) is 0 Å². The molecule has 1 aromatic carbocycles. The van der Waals surface area contributed by atoms with Crippen molar-refractivity contribution in [1.29, 1.82) is 0 Å². The molecule has 0 aliphatic carbocycles. The third-order valence-corrected chi connectivity index (χ3v) is 1.77. The lowest BCUT2D eigenvalue weighted by molar-refractivity contribution is 0.0697. The van der Waals surface area contributed by atoms with Crippen molar-refractivity contribution in [2.24, 2.45) is 20.7 Å². The number of carbonyl (C=O) groups is 1. The molecule has 0 aromatic heterocycles. The Morgan fingerprint density at radius 1 is 1.33 bits per heavy atom. The van der Waals surface area contributed by atoms with Gasteiger partial charge < -0.3 is 10.4 Å². The third-order valence-electron chi connectivity index (χ3n) is 1.77. The van der Waals surface area contributed by atoms with Gasteiger partial charge in [0, 0.05) is 5.69 Å². The SMILES string of the molecule is O=C(O)c1cccc(NC2N=NN=N2)c1. The molecular formula is C8H7N5O2. The van der Waals surface area contributed by atoms with Crippen molar-refractivity contribution in [1.82, 2.24) is 0 Å². The normalized spacial score (nSPS) is 14.4. The van der Waals surface area contributed by atoms with Crippen LogP contribution in [-0.2, 0) is 0 Å². The number of benzene rings is 1. The smallest absolute Gasteiger partial charge is 0.335 e. The maximum absolute atomic E-state index is 10.7. The summed E-state index contributed by atoms with van der Waals surface area (Å²) in [5.74, 6) is -0.978. The molecule has 15 heavy (non-hydrogen) atoms. The number of carboxylic acids is 1. The maximum Gasteiger partial charge on any atom is 0.335 e. The molecule has 0 fully saturated rings. The number of carboxylic acid groups (broad SMARTS) is 1. The zero-order valence-corrected chi connectivity index (χ0v) is 7.53. The van der Waals surface area contributed by atoms with E-state index in [-0.39, 0.29) is 5.56 Å². The Hall–Kier alpha value is -2.31. The predicted molar refractivity (Wildman–Crippen MR) is 50.5 cm³/mol.